The average Bonchev–Trinajstić information content (AvgIpc) is 3.22. The summed E-state index contributed by atoms with van der Waals surface area (Å²) in [6.45, 7) is 0. The van der Waals surface area contributed by atoms with Gasteiger partial charge < -0.3 is 4.90 Å². The van der Waals surface area contributed by atoms with E-state index in [1.165, 1.54) is 66.1 Å². The third-order valence-corrected chi connectivity index (χ3v) is 9.87. The first kappa shape index (κ1) is 30.4. The molecule has 51 heavy (non-hydrogen) atoms. The van der Waals surface area contributed by atoms with Crippen LogP contribution in [0.4, 0.5) is 17.1 Å². The zero-order valence-corrected chi connectivity index (χ0v) is 28.2. The lowest BCUT2D eigenvalue weighted by Gasteiger charge is -2.26. The van der Waals surface area contributed by atoms with Crippen LogP contribution in [-0.4, -0.2) is 0 Å². The van der Waals surface area contributed by atoms with Gasteiger partial charge in [-0.2, -0.15) is 0 Å². The molecular formula is C50H35N. The van der Waals surface area contributed by atoms with E-state index in [1.807, 2.05) is 0 Å². The molecule has 0 saturated carbocycles. The molecule has 1 nitrogen and oxygen atoms in total. The number of rotatable bonds is 7. The number of anilines is 3. The first-order valence-corrected chi connectivity index (χ1v) is 17.5. The Bertz CT molecular complexity index is 2600. The van der Waals surface area contributed by atoms with Gasteiger partial charge in [0.15, 0.2) is 0 Å². The minimum Gasteiger partial charge on any atom is -0.310 e. The van der Waals surface area contributed by atoms with Gasteiger partial charge in [0.05, 0.1) is 0 Å². The fourth-order valence-corrected chi connectivity index (χ4v) is 7.28. The summed E-state index contributed by atoms with van der Waals surface area (Å²) in [6, 6.07) is 76.6. The third kappa shape index (κ3) is 5.96. The highest BCUT2D eigenvalue weighted by Gasteiger charge is 2.15. The third-order valence-electron chi connectivity index (χ3n) is 9.87. The zero-order valence-electron chi connectivity index (χ0n) is 28.2. The van der Waals surface area contributed by atoms with Crippen molar-refractivity contribution in [3.05, 3.63) is 212 Å². The monoisotopic (exact) mass is 649 g/mol. The van der Waals surface area contributed by atoms with E-state index in [4.69, 9.17) is 0 Å². The highest BCUT2D eigenvalue weighted by atomic mass is 15.1. The summed E-state index contributed by atoms with van der Waals surface area (Å²) in [6.07, 6.45) is 0. The second-order valence-electron chi connectivity index (χ2n) is 13.0. The summed E-state index contributed by atoms with van der Waals surface area (Å²) in [4.78, 5) is 2.36. The smallest absolute Gasteiger partial charge is 0.0468 e. The Labute approximate surface area is 299 Å². The fraction of sp³-hybridized carbons (Fsp3) is 0. The molecule has 0 amide bonds. The number of nitrogens with zero attached hydrogens (tertiary/aromatic N) is 1. The van der Waals surface area contributed by atoms with Crippen molar-refractivity contribution in [2.45, 2.75) is 0 Å². The Hall–Kier alpha value is -6.70. The van der Waals surface area contributed by atoms with Gasteiger partial charge in [-0.25, -0.2) is 0 Å². The minimum absolute atomic E-state index is 1.11. The summed E-state index contributed by atoms with van der Waals surface area (Å²) >= 11 is 0. The van der Waals surface area contributed by atoms with Crippen molar-refractivity contribution in [2.24, 2.45) is 0 Å². The quantitative estimate of drug-likeness (QED) is 0.166. The molecule has 240 valence electrons. The van der Waals surface area contributed by atoms with E-state index in [0.717, 1.165) is 17.1 Å². The molecule has 0 unspecified atom stereocenters. The molecule has 0 spiro atoms. The number of hydrogen-bond acceptors (Lipinski definition) is 1. The summed E-state index contributed by atoms with van der Waals surface area (Å²) in [7, 11) is 0. The van der Waals surface area contributed by atoms with Crippen LogP contribution in [0.1, 0.15) is 0 Å². The van der Waals surface area contributed by atoms with Gasteiger partial charge >= 0.3 is 0 Å². The van der Waals surface area contributed by atoms with Crippen LogP contribution in [0, 0.1) is 0 Å². The molecule has 9 aromatic carbocycles. The van der Waals surface area contributed by atoms with E-state index in [-0.39, 0.29) is 0 Å². The highest BCUT2D eigenvalue weighted by Crippen LogP contribution is 2.40. The van der Waals surface area contributed by atoms with Gasteiger partial charge in [-0.05, 0) is 109 Å². The lowest BCUT2D eigenvalue weighted by Crippen LogP contribution is -2.09. The van der Waals surface area contributed by atoms with E-state index in [0.29, 0.717) is 0 Å². The Morgan fingerprint density at radius 2 is 0.745 bits per heavy atom. The van der Waals surface area contributed by atoms with Gasteiger partial charge in [-0.1, -0.05) is 170 Å². The number of benzene rings is 9. The second kappa shape index (κ2) is 13.3. The Balaban J connectivity index is 1.12. The van der Waals surface area contributed by atoms with Gasteiger partial charge in [0.2, 0.25) is 0 Å². The topological polar surface area (TPSA) is 3.24 Å². The minimum atomic E-state index is 1.11. The lowest BCUT2D eigenvalue weighted by molar-refractivity contribution is 1.29. The molecule has 0 heterocycles. The number of fused-ring (bicyclic) bond motifs is 2. The Morgan fingerprint density at radius 1 is 0.235 bits per heavy atom. The molecule has 0 aliphatic carbocycles. The van der Waals surface area contributed by atoms with Crippen molar-refractivity contribution < 1.29 is 0 Å². The predicted octanol–water partition coefficient (Wildman–Crippen LogP) is 14.1. The van der Waals surface area contributed by atoms with Crippen LogP contribution in [0.2, 0.25) is 0 Å². The first-order chi connectivity index (χ1) is 25.3. The van der Waals surface area contributed by atoms with Crippen LogP contribution < -0.4 is 4.90 Å². The van der Waals surface area contributed by atoms with Crippen molar-refractivity contribution in [2.75, 3.05) is 4.90 Å². The van der Waals surface area contributed by atoms with Crippen LogP contribution >= 0.6 is 0 Å². The maximum absolute atomic E-state index is 2.36. The lowest BCUT2D eigenvalue weighted by atomic mass is 9.91. The molecule has 0 aliphatic rings. The van der Waals surface area contributed by atoms with Crippen LogP contribution in [0.25, 0.3) is 66.1 Å². The SMILES string of the molecule is c1ccc(-c2ccc(-c3ccc(N(c4ccc(-c5cccc6ccccc56)cc4)c4ccc5ccccc5c4)cc3)cc2-c2ccccc2)cc1. The second-order valence-corrected chi connectivity index (χ2v) is 13.0. The molecule has 0 fully saturated rings. The van der Waals surface area contributed by atoms with Gasteiger partial charge in [0.1, 0.15) is 0 Å². The van der Waals surface area contributed by atoms with Crippen molar-refractivity contribution in [3.63, 3.8) is 0 Å². The average molecular weight is 650 g/mol. The van der Waals surface area contributed by atoms with E-state index < -0.39 is 0 Å². The van der Waals surface area contributed by atoms with Gasteiger partial charge in [-0.3, -0.25) is 0 Å². The molecule has 0 atom stereocenters. The molecular weight excluding hydrogens is 615 g/mol. The number of hydrogen-bond donors (Lipinski definition) is 0. The van der Waals surface area contributed by atoms with Gasteiger partial charge in [0, 0.05) is 17.1 Å². The molecule has 0 N–H and O–H groups in total. The summed E-state index contributed by atoms with van der Waals surface area (Å²) in [5.41, 5.74) is 13.1. The normalized spacial score (nSPS) is 11.1. The van der Waals surface area contributed by atoms with Gasteiger partial charge in [-0.15, -0.1) is 0 Å². The van der Waals surface area contributed by atoms with Crippen molar-refractivity contribution in [1.29, 1.82) is 0 Å². The molecule has 9 aromatic rings. The van der Waals surface area contributed by atoms with Crippen molar-refractivity contribution in [3.8, 4) is 44.5 Å². The van der Waals surface area contributed by atoms with Crippen LogP contribution in [0.5, 0.6) is 0 Å². The molecule has 0 saturated heterocycles. The Kier molecular flexibility index (Phi) is 7.92. The maximum Gasteiger partial charge on any atom is 0.0468 e. The van der Waals surface area contributed by atoms with Crippen LogP contribution in [0.3, 0.4) is 0 Å². The highest BCUT2D eigenvalue weighted by molar-refractivity contribution is 5.97. The Morgan fingerprint density at radius 3 is 1.45 bits per heavy atom. The van der Waals surface area contributed by atoms with E-state index >= 15 is 0 Å². The van der Waals surface area contributed by atoms with E-state index in [2.05, 4.69) is 217 Å². The molecule has 0 aromatic heterocycles. The predicted molar refractivity (Wildman–Crippen MR) is 218 cm³/mol. The molecule has 9 rings (SSSR count). The van der Waals surface area contributed by atoms with Crippen LogP contribution in [0.15, 0.2) is 212 Å². The molecule has 0 radical (unpaired) electrons. The van der Waals surface area contributed by atoms with Gasteiger partial charge in [0.25, 0.3) is 0 Å². The first-order valence-electron chi connectivity index (χ1n) is 17.5. The summed E-state index contributed by atoms with van der Waals surface area (Å²) in [5, 5.41) is 4.97. The zero-order chi connectivity index (χ0) is 34.0. The maximum atomic E-state index is 2.36. The van der Waals surface area contributed by atoms with Crippen molar-refractivity contribution in [1.82, 2.24) is 0 Å². The fourth-order valence-electron chi connectivity index (χ4n) is 7.28. The van der Waals surface area contributed by atoms with Crippen LogP contribution in [-0.2, 0) is 0 Å². The van der Waals surface area contributed by atoms with E-state index in [9.17, 15) is 0 Å². The largest absolute Gasteiger partial charge is 0.310 e. The standard InChI is InChI=1S/C50H35N/c1-3-13-38(14-4-1)49-33-27-43(35-50(49)40-15-5-2-6-16-40)37-22-28-44(29-23-37)51(46-32-24-36-12-7-8-18-42(36)34-46)45-30-25-41(26-31-45)48-21-11-19-39-17-9-10-20-47(39)48/h1-35H. The summed E-state index contributed by atoms with van der Waals surface area (Å²) < 4.78 is 0. The van der Waals surface area contributed by atoms with E-state index in [1.54, 1.807) is 0 Å². The molecule has 0 bridgehead atoms. The molecule has 0 aliphatic heterocycles. The van der Waals surface area contributed by atoms with Crippen molar-refractivity contribution >= 4 is 38.6 Å². The summed E-state index contributed by atoms with van der Waals surface area (Å²) in [5.74, 6) is 0. The molecule has 1 heteroatoms.